The van der Waals surface area contributed by atoms with Gasteiger partial charge in [0.15, 0.2) is 0 Å². The highest BCUT2D eigenvalue weighted by atomic mass is 35.5. The highest BCUT2D eigenvalue weighted by Gasteiger charge is 2.23. The van der Waals surface area contributed by atoms with Crippen molar-refractivity contribution in [3.05, 3.63) is 34.5 Å². The van der Waals surface area contributed by atoms with Gasteiger partial charge in [0.05, 0.1) is 10.5 Å². The lowest BCUT2D eigenvalue weighted by Crippen LogP contribution is -2.26. The largest absolute Gasteiger partial charge is 0.346 e. The van der Waals surface area contributed by atoms with Gasteiger partial charge in [-0.25, -0.2) is 0 Å². The summed E-state index contributed by atoms with van der Waals surface area (Å²) < 4.78 is 2.25. The Labute approximate surface area is 113 Å². The second kappa shape index (κ2) is 4.60. The van der Waals surface area contributed by atoms with Crippen LogP contribution in [0.4, 0.5) is 0 Å². The molecule has 0 radical (unpaired) electrons. The zero-order valence-corrected chi connectivity index (χ0v) is 11.7. The predicted octanol–water partition coefficient (Wildman–Crippen LogP) is 3.61. The van der Waals surface area contributed by atoms with Crippen LogP contribution < -0.4 is 5.32 Å². The van der Waals surface area contributed by atoms with Gasteiger partial charge >= 0.3 is 0 Å². The van der Waals surface area contributed by atoms with Gasteiger partial charge in [-0.05, 0) is 50.4 Å². The van der Waals surface area contributed by atoms with E-state index >= 15 is 0 Å². The molecular formula is C15H19ClN2. The Bertz CT molecular complexity index is 580. The average molecular weight is 263 g/mol. The summed E-state index contributed by atoms with van der Waals surface area (Å²) in [5.41, 5.74) is 4.06. The van der Waals surface area contributed by atoms with Crippen LogP contribution in [-0.2, 0) is 7.05 Å². The minimum Gasteiger partial charge on any atom is -0.346 e. The number of piperidine rings is 1. The van der Waals surface area contributed by atoms with Gasteiger partial charge in [-0.2, -0.15) is 0 Å². The second-order valence-electron chi connectivity index (χ2n) is 5.22. The number of para-hydroxylation sites is 1. The smallest absolute Gasteiger partial charge is 0.0672 e. The average Bonchev–Trinajstić information content (AvgIpc) is 2.64. The van der Waals surface area contributed by atoms with Crippen LogP contribution in [-0.4, -0.2) is 17.7 Å². The number of hydrogen-bond donors (Lipinski definition) is 1. The maximum atomic E-state index is 6.35. The van der Waals surface area contributed by atoms with Gasteiger partial charge in [0.25, 0.3) is 0 Å². The van der Waals surface area contributed by atoms with E-state index in [9.17, 15) is 0 Å². The van der Waals surface area contributed by atoms with E-state index in [1.54, 1.807) is 0 Å². The molecule has 0 spiro atoms. The van der Waals surface area contributed by atoms with Crippen molar-refractivity contribution in [2.45, 2.75) is 25.7 Å². The van der Waals surface area contributed by atoms with E-state index < -0.39 is 0 Å². The summed E-state index contributed by atoms with van der Waals surface area (Å²) in [5, 5.41) is 5.64. The van der Waals surface area contributed by atoms with E-state index in [4.69, 9.17) is 11.6 Å². The van der Waals surface area contributed by atoms with Crippen LogP contribution >= 0.6 is 11.6 Å². The molecule has 1 N–H and O–H groups in total. The third-order valence-corrected chi connectivity index (χ3v) is 4.56. The van der Waals surface area contributed by atoms with E-state index in [1.165, 1.54) is 35.0 Å². The van der Waals surface area contributed by atoms with Gasteiger partial charge in [-0.15, -0.1) is 0 Å². The van der Waals surface area contributed by atoms with Gasteiger partial charge in [-0.3, -0.25) is 0 Å². The summed E-state index contributed by atoms with van der Waals surface area (Å²) in [6.45, 7) is 4.47. The molecule has 1 saturated heterocycles. The fourth-order valence-electron chi connectivity index (χ4n) is 3.24. The van der Waals surface area contributed by atoms with Crippen LogP contribution in [0.25, 0.3) is 10.9 Å². The molecule has 3 rings (SSSR count). The van der Waals surface area contributed by atoms with Crippen molar-refractivity contribution in [2.75, 3.05) is 13.1 Å². The molecule has 0 aliphatic carbocycles. The lowest BCUT2D eigenvalue weighted by molar-refractivity contribution is 0.460. The van der Waals surface area contributed by atoms with Gasteiger partial charge in [0, 0.05) is 18.1 Å². The fourth-order valence-corrected chi connectivity index (χ4v) is 3.54. The van der Waals surface area contributed by atoms with Crippen LogP contribution in [0.2, 0.25) is 5.02 Å². The Hall–Kier alpha value is -0.990. The summed E-state index contributed by atoms with van der Waals surface area (Å²) in [7, 11) is 2.12. The summed E-state index contributed by atoms with van der Waals surface area (Å²) in [5.74, 6) is 0.674. The molecule has 1 aliphatic rings. The lowest BCUT2D eigenvalue weighted by Gasteiger charge is -2.23. The van der Waals surface area contributed by atoms with Crippen molar-refractivity contribution >= 4 is 22.5 Å². The molecule has 0 unspecified atom stereocenters. The number of benzene rings is 1. The Kier molecular flexibility index (Phi) is 3.08. The number of aromatic nitrogens is 1. The highest BCUT2D eigenvalue weighted by molar-refractivity contribution is 6.35. The van der Waals surface area contributed by atoms with Crippen molar-refractivity contribution in [1.29, 1.82) is 0 Å². The molecule has 0 atom stereocenters. The molecule has 1 aromatic carbocycles. The number of aryl methyl sites for hydroxylation is 1. The van der Waals surface area contributed by atoms with E-state index in [1.807, 2.05) is 6.07 Å². The summed E-state index contributed by atoms with van der Waals surface area (Å²) >= 11 is 6.35. The zero-order valence-electron chi connectivity index (χ0n) is 11.0. The van der Waals surface area contributed by atoms with Gasteiger partial charge in [0.1, 0.15) is 0 Å². The van der Waals surface area contributed by atoms with Crippen molar-refractivity contribution in [2.24, 2.45) is 7.05 Å². The molecule has 0 bridgehead atoms. The van der Waals surface area contributed by atoms with Crippen LogP contribution in [0.3, 0.4) is 0 Å². The normalized spacial score (nSPS) is 17.5. The zero-order chi connectivity index (χ0) is 12.7. The van der Waals surface area contributed by atoms with Crippen molar-refractivity contribution in [3.63, 3.8) is 0 Å². The number of halogens is 1. The molecule has 3 heteroatoms. The minimum absolute atomic E-state index is 0.674. The number of rotatable bonds is 1. The van der Waals surface area contributed by atoms with E-state index in [0.29, 0.717) is 5.92 Å². The SMILES string of the molecule is Cc1c(C2CCNCC2)c2cccc(Cl)c2n1C. The number of nitrogens with zero attached hydrogens (tertiary/aromatic N) is 1. The fraction of sp³-hybridized carbons (Fsp3) is 0.467. The van der Waals surface area contributed by atoms with Gasteiger partial charge < -0.3 is 9.88 Å². The predicted molar refractivity (Wildman–Crippen MR) is 77.5 cm³/mol. The molecule has 1 fully saturated rings. The third kappa shape index (κ3) is 1.75. The molecule has 18 heavy (non-hydrogen) atoms. The Morgan fingerprint density at radius 2 is 2.00 bits per heavy atom. The van der Waals surface area contributed by atoms with Gasteiger partial charge in [0.2, 0.25) is 0 Å². The Morgan fingerprint density at radius 3 is 2.72 bits per heavy atom. The molecule has 1 aliphatic heterocycles. The third-order valence-electron chi connectivity index (χ3n) is 4.25. The quantitative estimate of drug-likeness (QED) is 0.831. The minimum atomic E-state index is 0.674. The maximum Gasteiger partial charge on any atom is 0.0672 e. The van der Waals surface area contributed by atoms with Crippen molar-refractivity contribution < 1.29 is 0 Å². The monoisotopic (exact) mass is 262 g/mol. The summed E-state index contributed by atoms with van der Waals surface area (Å²) in [4.78, 5) is 0. The van der Waals surface area contributed by atoms with Crippen LogP contribution in [0.1, 0.15) is 30.0 Å². The maximum absolute atomic E-state index is 6.35. The van der Waals surface area contributed by atoms with Crippen molar-refractivity contribution in [3.8, 4) is 0 Å². The van der Waals surface area contributed by atoms with E-state index in [-0.39, 0.29) is 0 Å². The molecule has 2 heterocycles. The van der Waals surface area contributed by atoms with Crippen LogP contribution in [0.5, 0.6) is 0 Å². The molecule has 0 saturated carbocycles. The summed E-state index contributed by atoms with van der Waals surface area (Å²) in [6, 6.07) is 6.26. The van der Waals surface area contributed by atoms with Crippen LogP contribution in [0, 0.1) is 6.92 Å². The molecular weight excluding hydrogens is 244 g/mol. The first-order chi connectivity index (χ1) is 8.70. The topological polar surface area (TPSA) is 17.0 Å². The lowest BCUT2D eigenvalue weighted by atomic mass is 9.88. The molecule has 96 valence electrons. The number of nitrogens with one attached hydrogen (secondary N) is 1. The number of fused-ring (bicyclic) bond motifs is 1. The first-order valence-electron chi connectivity index (χ1n) is 6.64. The molecule has 0 amide bonds. The van der Waals surface area contributed by atoms with Gasteiger partial charge in [-0.1, -0.05) is 23.7 Å². The Balaban J connectivity index is 2.22. The Morgan fingerprint density at radius 1 is 1.28 bits per heavy atom. The first-order valence-corrected chi connectivity index (χ1v) is 7.02. The van der Waals surface area contributed by atoms with Crippen LogP contribution in [0.15, 0.2) is 18.2 Å². The highest BCUT2D eigenvalue weighted by Crippen LogP contribution is 2.37. The first kappa shape index (κ1) is 12.1. The standard InChI is InChI=1S/C15H19ClN2/c1-10-14(11-6-8-17-9-7-11)12-4-3-5-13(16)15(12)18(10)2/h3-5,11,17H,6-9H2,1-2H3. The number of hydrogen-bond acceptors (Lipinski definition) is 1. The molecule has 2 aromatic rings. The summed E-state index contributed by atoms with van der Waals surface area (Å²) in [6.07, 6.45) is 2.46. The second-order valence-corrected chi connectivity index (χ2v) is 5.63. The van der Waals surface area contributed by atoms with Crippen molar-refractivity contribution in [1.82, 2.24) is 9.88 Å². The van der Waals surface area contributed by atoms with E-state index in [0.717, 1.165) is 18.1 Å². The van der Waals surface area contributed by atoms with E-state index in [2.05, 4.69) is 36.0 Å². The molecule has 2 nitrogen and oxygen atoms in total. The molecule has 1 aromatic heterocycles.